The number of ether oxygens (including phenoxy) is 3. The van der Waals surface area contributed by atoms with Crippen LogP contribution in [0.2, 0.25) is 0 Å². The van der Waals surface area contributed by atoms with Crippen LogP contribution in [0.3, 0.4) is 0 Å². The largest absolute Gasteiger partial charge is 0.462 e. The highest BCUT2D eigenvalue weighted by Gasteiger charge is 2.19. The zero-order valence-corrected chi connectivity index (χ0v) is 39.0. The zero-order valence-electron chi connectivity index (χ0n) is 39.0. The Hall–Kier alpha value is -1.59. The van der Waals surface area contributed by atoms with Crippen LogP contribution in [0.25, 0.3) is 0 Å². The topological polar surface area (TPSA) is 78.9 Å². The molecule has 0 spiro atoms. The first-order chi connectivity index (χ1) is 27.7. The molecule has 0 aliphatic carbocycles. The van der Waals surface area contributed by atoms with E-state index in [0.717, 1.165) is 69.6 Å². The maximum absolute atomic E-state index is 12.7. The Morgan fingerprint density at radius 2 is 0.579 bits per heavy atom. The smallest absolute Gasteiger partial charge is 0.306 e. The van der Waals surface area contributed by atoms with Gasteiger partial charge in [-0.25, -0.2) is 0 Å². The van der Waals surface area contributed by atoms with E-state index in [2.05, 4.69) is 34.6 Å². The molecule has 0 unspecified atom stereocenters. The monoisotopic (exact) mass is 807 g/mol. The lowest BCUT2D eigenvalue weighted by molar-refractivity contribution is -0.167. The Kier molecular flexibility index (Phi) is 42.7. The number of unbranched alkanes of at least 4 members (excludes halogenated alkanes) is 30. The van der Waals surface area contributed by atoms with Crippen LogP contribution in [-0.2, 0) is 28.6 Å². The van der Waals surface area contributed by atoms with Crippen molar-refractivity contribution in [1.82, 2.24) is 0 Å². The molecule has 6 nitrogen and oxygen atoms in total. The van der Waals surface area contributed by atoms with E-state index in [1.54, 1.807) is 0 Å². The van der Waals surface area contributed by atoms with Gasteiger partial charge in [0.15, 0.2) is 6.10 Å². The Morgan fingerprint density at radius 1 is 0.333 bits per heavy atom. The molecule has 0 aliphatic heterocycles. The molecule has 0 bridgehead atoms. The molecule has 0 heterocycles. The van der Waals surface area contributed by atoms with Gasteiger partial charge in [-0.15, -0.1) is 0 Å². The van der Waals surface area contributed by atoms with Crippen molar-refractivity contribution >= 4 is 17.9 Å². The van der Waals surface area contributed by atoms with Gasteiger partial charge in [0.2, 0.25) is 0 Å². The van der Waals surface area contributed by atoms with E-state index >= 15 is 0 Å². The molecule has 0 rings (SSSR count). The number of esters is 3. The molecule has 1 atom stereocenters. The Balaban J connectivity index is 4.29. The van der Waals surface area contributed by atoms with E-state index in [-0.39, 0.29) is 31.1 Å². The van der Waals surface area contributed by atoms with Crippen LogP contribution in [-0.4, -0.2) is 37.2 Å². The second kappa shape index (κ2) is 44.0. The van der Waals surface area contributed by atoms with E-state index < -0.39 is 6.10 Å². The number of hydrogen-bond acceptors (Lipinski definition) is 6. The zero-order chi connectivity index (χ0) is 41.9. The first-order valence-corrected chi connectivity index (χ1v) is 25.2. The molecule has 0 aromatic rings. The number of hydrogen-bond donors (Lipinski definition) is 0. The summed E-state index contributed by atoms with van der Waals surface area (Å²) in [5, 5.41) is 0. The third kappa shape index (κ3) is 45.3. The summed E-state index contributed by atoms with van der Waals surface area (Å²) in [5.74, 6) is 0.797. The predicted molar refractivity (Wildman–Crippen MR) is 243 cm³/mol. The van der Waals surface area contributed by atoms with Crippen molar-refractivity contribution in [1.29, 1.82) is 0 Å². The minimum absolute atomic E-state index is 0.0640. The van der Waals surface area contributed by atoms with Crippen molar-refractivity contribution in [3.63, 3.8) is 0 Å². The van der Waals surface area contributed by atoms with Crippen molar-refractivity contribution in [2.75, 3.05) is 13.2 Å². The fourth-order valence-electron chi connectivity index (χ4n) is 7.64. The van der Waals surface area contributed by atoms with E-state index in [1.807, 2.05) is 0 Å². The van der Waals surface area contributed by atoms with E-state index in [0.29, 0.717) is 19.3 Å². The van der Waals surface area contributed by atoms with E-state index in [9.17, 15) is 14.4 Å². The van der Waals surface area contributed by atoms with Gasteiger partial charge in [0, 0.05) is 19.3 Å². The van der Waals surface area contributed by atoms with Gasteiger partial charge in [-0.1, -0.05) is 240 Å². The van der Waals surface area contributed by atoms with Gasteiger partial charge in [-0.2, -0.15) is 0 Å². The van der Waals surface area contributed by atoms with Gasteiger partial charge < -0.3 is 14.2 Å². The Morgan fingerprint density at radius 3 is 0.860 bits per heavy atom. The summed E-state index contributed by atoms with van der Waals surface area (Å²) >= 11 is 0. The summed E-state index contributed by atoms with van der Waals surface area (Å²) < 4.78 is 16.8. The molecule has 0 N–H and O–H groups in total. The minimum Gasteiger partial charge on any atom is -0.462 e. The molecule has 338 valence electrons. The van der Waals surface area contributed by atoms with Crippen LogP contribution in [0.1, 0.15) is 279 Å². The normalized spacial score (nSPS) is 12.1. The molecule has 0 aromatic heterocycles. The van der Waals surface area contributed by atoms with Gasteiger partial charge in [0.1, 0.15) is 13.2 Å². The highest BCUT2D eigenvalue weighted by molar-refractivity contribution is 5.71. The molecule has 0 radical (unpaired) electrons. The fraction of sp³-hybridized carbons (Fsp3) is 0.941. The molecule has 0 amide bonds. The third-order valence-corrected chi connectivity index (χ3v) is 11.5. The summed E-state index contributed by atoms with van der Waals surface area (Å²) in [6, 6.07) is 0. The lowest BCUT2D eigenvalue weighted by Crippen LogP contribution is -2.30. The summed E-state index contributed by atoms with van der Waals surface area (Å²) in [7, 11) is 0. The standard InChI is InChI=1S/C51H98O6/c1-6-7-8-9-10-11-15-22-28-33-38-43-51(54)57-48(45-56-50(53)42-37-32-27-23-18-20-25-30-35-40-47(4)5)44-55-49(52)41-36-31-26-21-17-14-12-13-16-19-24-29-34-39-46(2)3/h46-48H,6-45H2,1-5H3/t48-/m0/s1. The minimum atomic E-state index is -0.761. The maximum atomic E-state index is 12.7. The Labute approximate surface area is 355 Å². The molecular weight excluding hydrogens is 709 g/mol. The molecule has 0 fully saturated rings. The van der Waals surface area contributed by atoms with Crippen molar-refractivity contribution in [2.24, 2.45) is 11.8 Å². The van der Waals surface area contributed by atoms with Gasteiger partial charge >= 0.3 is 17.9 Å². The van der Waals surface area contributed by atoms with Crippen molar-refractivity contribution in [3.05, 3.63) is 0 Å². The van der Waals surface area contributed by atoms with Crippen LogP contribution < -0.4 is 0 Å². The lowest BCUT2D eigenvalue weighted by Gasteiger charge is -2.18. The molecule has 0 saturated carbocycles. The van der Waals surface area contributed by atoms with Gasteiger partial charge in [-0.05, 0) is 31.1 Å². The van der Waals surface area contributed by atoms with Crippen LogP contribution in [0.15, 0.2) is 0 Å². The summed E-state index contributed by atoms with van der Waals surface area (Å²) in [6.07, 6.45) is 43.7. The number of rotatable bonds is 45. The highest BCUT2D eigenvalue weighted by Crippen LogP contribution is 2.17. The molecule has 0 aliphatic rings. The van der Waals surface area contributed by atoms with Crippen LogP contribution in [0.5, 0.6) is 0 Å². The molecular formula is C51H98O6. The van der Waals surface area contributed by atoms with Gasteiger partial charge in [0.05, 0.1) is 0 Å². The van der Waals surface area contributed by atoms with Crippen LogP contribution in [0.4, 0.5) is 0 Å². The molecule has 57 heavy (non-hydrogen) atoms. The van der Waals surface area contributed by atoms with E-state index in [1.165, 1.54) is 167 Å². The highest BCUT2D eigenvalue weighted by atomic mass is 16.6. The molecule has 0 aromatic carbocycles. The second-order valence-corrected chi connectivity index (χ2v) is 18.4. The number of carbonyl (C=O) groups is 3. The average Bonchev–Trinajstić information content (AvgIpc) is 3.18. The quantitative estimate of drug-likeness (QED) is 0.0346. The molecule has 6 heteroatoms. The van der Waals surface area contributed by atoms with E-state index in [4.69, 9.17) is 14.2 Å². The Bertz CT molecular complexity index is 870. The predicted octanol–water partition coefficient (Wildman–Crippen LogP) is 16.1. The van der Waals surface area contributed by atoms with Gasteiger partial charge in [0.25, 0.3) is 0 Å². The maximum Gasteiger partial charge on any atom is 0.306 e. The number of carbonyl (C=O) groups excluding carboxylic acids is 3. The summed E-state index contributed by atoms with van der Waals surface area (Å²) in [6.45, 7) is 11.3. The van der Waals surface area contributed by atoms with Crippen molar-refractivity contribution < 1.29 is 28.6 Å². The van der Waals surface area contributed by atoms with Crippen LogP contribution in [0, 0.1) is 11.8 Å². The fourth-order valence-corrected chi connectivity index (χ4v) is 7.64. The third-order valence-electron chi connectivity index (χ3n) is 11.5. The summed E-state index contributed by atoms with van der Waals surface area (Å²) in [5.41, 5.74) is 0. The first-order valence-electron chi connectivity index (χ1n) is 25.2. The summed E-state index contributed by atoms with van der Waals surface area (Å²) in [4.78, 5) is 37.9. The van der Waals surface area contributed by atoms with Gasteiger partial charge in [-0.3, -0.25) is 14.4 Å². The van der Waals surface area contributed by atoms with Crippen molar-refractivity contribution in [2.45, 2.75) is 285 Å². The average molecular weight is 807 g/mol. The van der Waals surface area contributed by atoms with Crippen LogP contribution >= 0.6 is 0 Å². The lowest BCUT2D eigenvalue weighted by atomic mass is 10.0. The second-order valence-electron chi connectivity index (χ2n) is 18.4. The SMILES string of the molecule is CCCCCCCCCCCCCC(=O)O[C@@H](COC(=O)CCCCCCCCCCCCCCCC(C)C)COC(=O)CCCCCCCCCCCC(C)C. The first kappa shape index (κ1) is 55.4. The van der Waals surface area contributed by atoms with Crippen molar-refractivity contribution in [3.8, 4) is 0 Å². The molecule has 0 saturated heterocycles.